The topological polar surface area (TPSA) is 54.9 Å². The lowest BCUT2D eigenvalue weighted by Crippen LogP contribution is -2.43. The van der Waals surface area contributed by atoms with Gasteiger partial charge in [-0.05, 0) is 24.6 Å². The van der Waals surface area contributed by atoms with Gasteiger partial charge in [0.2, 0.25) is 0 Å². The third-order valence-electron chi connectivity index (χ3n) is 3.24. The van der Waals surface area contributed by atoms with E-state index in [0.29, 0.717) is 32.1 Å². The van der Waals surface area contributed by atoms with Crippen LogP contribution in [0.5, 0.6) is 5.75 Å². The highest BCUT2D eigenvalue weighted by molar-refractivity contribution is 14.0. The largest absolute Gasteiger partial charge is 0.489 e. The van der Waals surface area contributed by atoms with Crippen LogP contribution < -0.4 is 15.4 Å². The van der Waals surface area contributed by atoms with Crippen LogP contribution in [0.4, 0.5) is 13.2 Å². The number of ether oxygens (including phenoxy) is 2. The smallest absolute Gasteiger partial charge is 0.416 e. The molecule has 1 aromatic carbocycles. The number of benzene rings is 1. The maximum Gasteiger partial charge on any atom is 0.416 e. The van der Waals surface area contributed by atoms with Gasteiger partial charge < -0.3 is 20.1 Å². The van der Waals surface area contributed by atoms with Gasteiger partial charge >= 0.3 is 6.18 Å². The first kappa shape index (κ1) is 23.8. The van der Waals surface area contributed by atoms with Crippen LogP contribution in [0, 0.1) is 0 Å². The number of rotatable bonds is 8. The van der Waals surface area contributed by atoms with Crippen molar-refractivity contribution in [3.63, 3.8) is 0 Å². The molecule has 0 saturated heterocycles. The molecule has 25 heavy (non-hydrogen) atoms. The summed E-state index contributed by atoms with van der Waals surface area (Å²) in [6.07, 6.45) is -4.03. The van der Waals surface area contributed by atoms with E-state index in [0.717, 1.165) is 12.1 Å². The van der Waals surface area contributed by atoms with E-state index < -0.39 is 11.7 Å². The minimum atomic E-state index is -4.38. The van der Waals surface area contributed by atoms with Crippen molar-refractivity contribution in [3.05, 3.63) is 29.8 Å². The highest BCUT2D eigenvalue weighted by Crippen LogP contribution is 2.31. The molecular formula is C16H25F3IN3O2. The number of nitrogens with one attached hydrogen (secondary N) is 2. The van der Waals surface area contributed by atoms with Gasteiger partial charge in [0.25, 0.3) is 0 Å². The molecule has 9 heteroatoms. The van der Waals surface area contributed by atoms with Crippen LogP contribution in [0.1, 0.15) is 18.9 Å². The summed E-state index contributed by atoms with van der Waals surface area (Å²) < 4.78 is 48.8. The summed E-state index contributed by atoms with van der Waals surface area (Å²) in [5.41, 5.74) is -0.722. The van der Waals surface area contributed by atoms with Crippen LogP contribution in [-0.2, 0) is 10.9 Å². The second kappa shape index (κ2) is 12.2. The molecule has 0 amide bonds. The Bertz CT molecular complexity index is 528. The zero-order valence-electron chi connectivity index (χ0n) is 14.5. The number of hydrogen-bond acceptors (Lipinski definition) is 3. The Morgan fingerprint density at radius 3 is 2.56 bits per heavy atom. The molecule has 0 aliphatic heterocycles. The molecule has 0 bridgehead atoms. The van der Waals surface area contributed by atoms with Crippen molar-refractivity contribution in [2.45, 2.75) is 25.6 Å². The molecule has 0 aliphatic rings. The predicted molar refractivity (Wildman–Crippen MR) is 103 cm³/mol. The van der Waals surface area contributed by atoms with Gasteiger partial charge in [0.15, 0.2) is 5.96 Å². The fourth-order valence-corrected chi connectivity index (χ4v) is 1.91. The zero-order chi connectivity index (χ0) is 18.0. The fraction of sp³-hybridized carbons (Fsp3) is 0.562. The highest BCUT2D eigenvalue weighted by atomic mass is 127. The summed E-state index contributed by atoms with van der Waals surface area (Å²) in [7, 11) is 3.24. The minimum Gasteiger partial charge on any atom is -0.489 e. The number of methoxy groups -OCH3 is 1. The number of guanidine groups is 1. The molecule has 0 radical (unpaired) electrons. The van der Waals surface area contributed by atoms with Gasteiger partial charge in [-0.2, -0.15) is 13.2 Å². The van der Waals surface area contributed by atoms with E-state index in [1.807, 2.05) is 6.92 Å². The lowest BCUT2D eigenvalue weighted by Gasteiger charge is -2.20. The second-order valence-electron chi connectivity index (χ2n) is 5.05. The Labute approximate surface area is 163 Å². The van der Waals surface area contributed by atoms with Gasteiger partial charge in [0.1, 0.15) is 11.9 Å². The number of alkyl halides is 3. The molecule has 5 nitrogen and oxygen atoms in total. The van der Waals surface area contributed by atoms with Gasteiger partial charge in [-0.15, -0.1) is 24.0 Å². The van der Waals surface area contributed by atoms with Gasteiger partial charge in [-0.25, -0.2) is 0 Å². The van der Waals surface area contributed by atoms with E-state index in [2.05, 4.69) is 15.6 Å². The van der Waals surface area contributed by atoms with E-state index in [4.69, 9.17) is 9.47 Å². The third-order valence-corrected chi connectivity index (χ3v) is 3.24. The fourth-order valence-electron chi connectivity index (χ4n) is 1.91. The standard InChI is InChI=1S/C16H24F3N3O2.HI/c1-4-13(11-22-15(20-2)21-8-9-23-3)24-14-7-5-6-12(10-14)16(17,18)19;/h5-7,10,13H,4,8-9,11H2,1-3H3,(H2,20,21,22);1H. The number of halogens is 4. The molecule has 1 aromatic rings. The average Bonchev–Trinajstić information content (AvgIpc) is 2.56. The van der Waals surface area contributed by atoms with Crippen LogP contribution in [0.2, 0.25) is 0 Å². The molecule has 2 N–H and O–H groups in total. The molecule has 0 aromatic heterocycles. The van der Waals surface area contributed by atoms with E-state index in [1.54, 1.807) is 14.2 Å². The number of nitrogens with zero attached hydrogens (tertiary/aromatic N) is 1. The zero-order valence-corrected chi connectivity index (χ0v) is 16.9. The second-order valence-corrected chi connectivity index (χ2v) is 5.05. The Morgan fingerprint density at radius 2 is 2.00 bits per heavy atom. The number of hydrogen-bond donors (Lipinski definition) is 2. The molecule has 0 aliphatic carbocycles. The summed E-state index contributed by atoms with van der Waals surface area (Å²) in [4.78, 5) is 4.05. The van der Waals surface area contributed by atoms with Gasteiger partial charge in [-0.3, -0.25) is 4.99 Å². The Kier molecular flexibility index (Phi) is 11.6. The maximum atomic E-state index is 12.7. The van der Waals surface area contributed by atoms with Crippen molar-refractivity contribution in [1.82, 2.24) is 10.6 Å². The molecule has 1 rings (SSSR count). The minimum absolute atomic E-state index is 0. The molecular weight excluding hydrogens is 450 g/mol. The predicted octanol–water partition coefficient (Wildman–Crippen LogP) is 3.29. The Balaban J connectivity index is 0.00000576. The third kappa shape index (κ3) is 9.15. The van der Waals surface area contributed by atoms with Gasteiger partial charge in [-0.1, -0.05) is 13.0 Å². The van der Waals surface area contributed by atoms with Gasteiger partial charge in [0, 0.05) is 20.7 Å². The molecule has 0 saturated carbocycles. The average molecular weight is 475 g/mol. The molecule has 1 unspecified atom stereocenters. The lowest BCUT2D eigenvalue weighted by atomic mass is 10.2. The van der Waals surface area contributed by atoms with Crippen molar-refractivity contribution >= 4 is 29.9 Å². The monoisotopic (exact) mass is 475 g/mol. The maximum absolute atomic E-state index is 12.7. The van der Waals surface area contributed by atoms with Crippen LogP contribution in [0.3, 0.4) is 0 Å². The summed E-state index contributed by atoms with van der Waals surface area (Å²) in [5.74, 6) is 0.777. The van der Waals surface area contributed by atoms with Crippen molar-refractivity contribution in [2.24, 2.45) is 4.99 Å². The molecule has 0 spiro atoms. The summed E-state index contributed by atoms with van der Waals surface area (Å²) in [5, 5.41) is 6.13. The molecule has 0 heterocycles. The van der Waals surface area contributed by atoms with Crippen LogP contribution in [-0.4, -0.2) is 45.9 Å². The lowest BCUT2D eigenvalue weighted by molar-refractivity contribution is -0.137. The van der Waals surface area contributed by atoms with Crippen LogP contribution in [0.25, 0.3) is 0 Å². The summed E-state index contributed by atoms with van der Waals surface area (Å²) in [6.45, 7) is 3.46. The van der Waals surface area contributed by atoms with E-state index >= 15 is 0 Å². The normalized spacial score (nSPS) is 13.0. The first-order valence-electron chi connectivity index (χ1n) is 7.68. The number of aliphatic imine (C=N–C) groups is 1. The first-order valence-corrected chi connectivity index (χ1v) is 7.68. The van der Waals surface area contributed by atoms with E-state index in [1.165, 1.54) is 12.1 Å². The SMILES string of the molecule is CCC(CNC(=NC)NCCOC)Oc1cccc(C(F)(F)F)c1.I. The van der Waals surface area contributed by atoms with Gasteiger partial charge in [0.05, 0.1) is 18.7 Å². The van der Waals surface area contributed by atoms with Crippen molar-refractivity contribution < 1.29 is 22.6 Å². The molecule has 144 valence electrons. The van der Waals surface area contributed by atoms with Crippen molar-refractivity contribution in [1.29, 1.82) is 0 Å². The highest BCUT2D eigenvalue weighted by Gasteiger charge is 2.30. The summed E-state index contributed by atoms with van der Waals surface area (Å²) in [6, 6.07) is 4.88. The summed E-state index contributed by atoms with van der Waals surface area (Å²) >= 11 is 0. The van der Waals surface area contributed by atoms with Crippen molar-refractivity contribution in [2.75, 3.05) is 33.9 Å². The Morgan fingerprint density at radius 1 is 1.28 bits per heavy atom. The molecule has 1 atom stereocenters. The van der Waals surface area contributed by atoms with E-state index in [9.17, 15) is 13.2 Å². The molecule has 0 fully saturated rings. The van der Waals surface area contributed by atoms with Crippen LogP contribution in [0.15, 0.2) is 29.3 Å². The van der Waals surface area contributed by atoms with E-state index in [-0.39, 0.29) is 35.8 Å². The first-order chi connectivity index (χ1) is 11.4. The Hall–Kier alpha value is -1.23. The van der Waals surface area contributed by atoms with Crippen LogP contribution >= 0.6 is 24.0 Å². The quantitative estimate of drug-likeness (QED) is 0.262. The van der Waals surface area contributed by atoms with Crippen molar-refractivity contribution in [3.8, 4) is 5.75 Å².